The highest BCUT2D eigenvalue weighted by atomic mass is 32.1. The lowest BCUT2D eigenvalue weighted by atomic mass is 10.1. The number of rotatable bonds is 4. The summed E-state index contributed by atoms with van der Waals surface area (Å²) < 4.78 is 0. The van der Waals surface area contributed by atoms with Gasteiger partial charge in [0.15, 0.2) is 0 Å². The molecule has 0 amide bonds. The van der Waals surface area contributed by atoms with Crippen LogP contribution in [0, 0.1) is 13.8 Å². The van der Waals surface area contributed by atoms with Gasteiger partial charge in [0.2, 0.25) is 0 Å². The SMILES string of the molecule is Cc1ccc(-c2ccc(-c3ccc(-c4ccc(-c5ccc(C)s5)cc4)s3)cc2)s1. The van der Waals surface area contributed by atoms with Crippen molar-refractivity contribution in [3.05, 3.63) is 94.7 Å². The molecule has 0 fully saturated rings. The molecule has 0 bridgehead atoms. The van der Waals surface area contributed by atoms with Gasteiger partial charge in [0.05, 0.1) is 0 Å². The van der Waals surface area contributed by atoms with Crippen LogP contribution >= 0.6 is 34.0 Å². The highest BCUT2D eigenvalue weighted by Gasteiger charge is 2.08. The zero-order valence-electron chi connectivity index (χ0n) is 16.3. The largest absolute Gasteiger partial charge is 0.141 e. The van der Waals surface area contributed by atoms with Gasteiger partial charge in [-0.05, 0) is 72.5 Å². The molecule has 0 aliphatic rings. The minimum atomic E-state index is 1.28. The molecule has 0 spiro atoms. The zero-order chi connectivity index (χ0) is 19.8. The molecular formula is C26H20S3. The number of thiophene rings is 3. The van der Waals surface area contributed by atoms with E-state index < -0.39 is 0 Å². The molecule has 0 atom stereocenters. The summed E-state index contributed by atoms with van der Waals surface area (Å²) in [6.07, 6.45) is 0. The maximum Gasteiger partial charge on any atom is 0.0349 e. The summed E-state index contributed by atoms with van der Waals surface area (Å²) in [7, 11) is 0. The van der Waals surface area contributed by atoms with E-state index in [0.717, 1.165) is 0 Å². The Kier molecular flexibility index (Phi) is 4.96. The Morgan fingerprint density at radius 1 is 0.345 bits per heavy atom. The van der Waals surface area contributed by atoms with Crippen molar-refractivity contribution < 1.29 is 0 Å². The van der Waals surface area contributed by atoms with Gasteiger partial charge in [-0.25, -0.2) is 0 Å². The van der Waals surface area contributed by atoms with Crippen LogP contribution in [0.25, 0.3) is 41.8 Å². The predicted octanol–water partition coefficient (Wildman–Crippen LogP) is 9.16. The summed E-state index contributed by atoms with van der Waals surface area (Å²) in [5.74, 6) is 0. The summed E-state index contributed by atoms with van der Waals surface area (Å²) in [4.78, 5) is 8.00. The third-order valence-corrected chi connectivity index (χ3v) is 8.28. The van der Waals surface area contributed by atoms with Crippen LogP contribution in [0.2, 0.25) is 0 Å². The minimum absolute atomic E-state index is 1.28. The molecule has 0 radical (unpaired) electrons. The van der Waals surface area contributed by atoms with E-state index in [4.69, 9.17) is 0 Å². The molecule has 0 aliphatic heterocycles. The first-order valence-electron chi connectivity index (χ1n) is 9.60. The fourth-order valence-electron chi connectivity index (χ4n) is 3.43. The van der Waals surface area contributed by atoms with Gasteiger partial charge in [0.25, 0.3) is 0 Å². The molecular weight excluding hydrogens is 408 g/mol. The Hall–Kier alpha value is -2.46. The van der Waals surface area contributed by atoms with E-state index >= 15 is 0 Å². The first kappa shape index (κ1) is 18.6. The van der Waals surface area contributed by atoms with Gasteiger partial charge < -0.3 is 0 Å². The molecule has 5 aromatic rings. The van der Waals surface area contributed by atoms with Crippen LogP contribution in [-0.4, -0.2) is 0 Å². The van der Waals surface area contributed by atoms with Gasteiger partial charge in [0, 0.05) is 29.3 Å². The third kappa shape index (κ3) is 3.86. The Morgan fingerprint density at radius 3 is 0.897 bits per heavy atom. The maximum atomic E-state index is 2.24. The van der Waals surface area contributed by atoms with Crippen LogP contribution in [0.3, 0.4) is 0 Å². The normalized spacial score (nSPS) is 11.1. The Labute approximate surface area is 183 Å². The van der Waals surface area contributed by atoms with Gasteiger partial charge in [-0.15, -0.1) is 34.0 Å². The van der Waals surface area contributed by atoms with Gasteiger partial charge in [-0.3, -0.25) is 0 Å². The summed E-state index contributed by atoms with van der Waals surface area (Å²) in [6, 6.07) is 31.1. The van der Waals surface area contributed by atoms with Crippen molar-refractivity contribution in [2.24, 2.45) is 0 Å². The summed E-state index contributed by atoms with van der Waals surface area (Å²) in [5.41, 5.74) is 5.15. The molecule has 3 heterocycles. The third-order valence-electron chi connectivity index (χ3n) is 4.99. The van der Waals surface area contributed by atoms with Crippen LogP contribution in [0.4, 0.5) is 0 Å². The molecule has 0 N–H and O–H groups in total. The molecule has 0 saturated heterocycles. The number of hydrogen-bond donors (Lipinski definition) is 0. The topological polar surface area (TPSA) is 0 Å². The van der Waals surface area contributed by atoms with Crippen molar-refractivity contribution in [3.63, 3.8) is 0 Å². The molecule has 0 nitrogen and oxygen atoms in total. The van der Waals surface area contributed by atoms with Gasteiger partial charge in [-0.1, -0.05) is 48.5 Å². The predicted molar refractivity (Wildman–Crippen MR) is 131 cm³/mol. The lowest BCUT2D eigenvalue weighted by Crippen LogP contribution is -1.75. The van der Waals surface area contributed by atoms with Gasteiger partial charge in [-0.2, -0.15) is 0 Å². The molecule has 29 heavy (non-hydrogen) atoms. The number of aryl methyl sites for hydroxylation is 2. The molecule has 5 rings (SSSR count). The molecule has 3 aromatic heterocycles. The van der Waals surface area contributed by atoms with Crippen LogP contribution in [0.1, 0.15) is 9.75 Å². The second-order valence-corrected chi connectivity index (χ2v) is 10.8. The van der Waals surface area contributed by atoms with E-state index in [0.29, 0.717) is 0 Å². The lowest BCUT2D eigenvalue weighted by molar-refractivity contribution is 1.64. The van der Waals surface area contributed by atoms with Gasteiger partial charge in [0.1, 0.15) is 0 Å². The average molecular weight is 429 g/mol. The quantitative estimate of drug-likeness (QED) is 0.268. The van der Waals surface area contributed by atoms with Crippen LogP contribution in [-0.2, 0) is 0 Å². The van der Waals surface area contributed by atoms with E-state index in [1.54, 1.807) is 0 Å². The van der Waals surface area contributed by atoms with Crippen LogP contribution in [0.5, 0.6) is 0 Å². The summed E-state index contributed by atoms with van der Waals surface area (Å²) in [5, 5.41) is 0. The standard InChI is InChI=1S/C26H20S3/c1-17-3-13-23(27-17)19-5-9-21(10-6-19)25-15-16-26(29-25)22-11-7-20(8-12-22)24-14-4-18(2)28-24/h3-16H,1-2H3. The van der Waals surface area contributed by atoms with E-state index in [1.807, 2.05) is 34.0 Å². The molecule has 142 valence electrons. The fourth-order valence-corrected chi connectivity index (χ4v) is 6.19. The number of hydrogen-bond acceptors (Lipinski definition) is 3. The minimum Gasteiger partial charge on any atom is -0.141 e. The molecule has 3 heteroatoms. The van der Waals surface area contributed by atoms with Crippen molar-refractivity contribution in [2.45, 2.75) is 13.8 Å². The van der Waals surface area contributed by atoms with E-state index in [-0.39, 0.29) is 0 Å². The van der Waals surface area contributed by atoms with Crippen molar-refractivity contribution >= 4 is 34.0 Å². The van der Waals surface area contributed by atoms with Crippen molar-refractivity contribution in [1.82, 2.24) is 0 Å². The summed E-state index contributed by atoms with van der Waals surface area (Å²) in [6.45, 7) is 4.31. The average Bonchev–Trinajstić information content (AvgIpc) is 3.49. The maximum absolute atomic E-state index is 2.24. The first-order chi connectivity index (χ1) is 14.2. The Bertz CT molecular complexity index is 1150. The van der Waals surface area contributed by atoms with Crippen molar-refractivity contribution in [2.75, 3.05) is 0 Å². The first-order valence-corrected chi connectivity index (χ1v) is 12.0. The van der Waals surface area contributed by atoms with E-state index in [9.17, 15) is 0 Å². The Morgan fingerprint density at radius 2 is 0.621 bits per heavy atom. The number of benzene rings is 2. The highest BCUT2D eigenvalue weighted by Crippen LogP contribution is 2.37. The molecule has 0 aliphatic carbocycles. The van der Waals surface area contributed by atoms with Gasteiger partial charge >= 0.3 is 0 Å². The summed E-state index contributed by atoms with van der Waals surface area (Å²) >= 11 is 5.55. The van der Waals surface area contributed by atoms with Crippen molar-refractivity contribution in [1.29, 1.82) is 0 Å². The second-order valence-electron chi connectivity index (χ2n) is 7.14. The monoisotopic (exact) mass is 428 g/mol. The lowest BCUT2D eigenvalue weighted by Gasteiger charge is -2.02. The molecule has 0 unspecified atom stereocenters. The van der Waals surface area contributed by atoms with E-state index in [1.165, 1.54) is 51.5 Å². The highest BCUT2D eigenvalue weighted by molar-refractivity contribution is 7.18. The van der Waals surface area contributed by atoms with E-state index in [2.05, 4.69) is 98.8 Å². The van der Waals surface area contributed by atoms with Crippen LogP contribution in [0.15, 0.2) is 84.9 Å². The van der Waals surface area contributed by atoms with Crippen LogP contribution < -0.4 is 0 Å². The molecule has 0 saturated carbocycles. The molecule has 2 aromatic carbocycles. The zero-order valence-corrected chi connectivity index (χ0v) is 18.8. The fraction of sp³-hybridized carbons (Fsp3) is 0.0769. The second kappa shape index (κ2) is 7.75. The van der Waals surface area contributed by atoms with Crippen molar-refractivity contribution in [3.8, 4) is 41.8 Å². The smallest absolute Gasteiger partial charge is 0.0349 e. The Balaban J connectivity index is 1.37.